The Balaban J connectivity index is 2.22. The summed E-state index contributed by atoms with van der Waals surface area (Å²) >= 11 is 3.05. The van der Waals surface area contributed by atoms with Gasteiger partial charge in [0.05, 0.1) is 0 Å². The van der Waals surface area contributed by atoms with E-state index in [1.54, 1.807) is 12.1 Å². The van der Waals surface area contributed by atoms with Crippen LogP contribution in [0.5, 0.6) is 5.75 Å². The van der Waals surface area contributed by atoms with E-state index >= 15 is 0 Å². The molecule has 0 N–H and O–H groups in total. The van der Waals surface area contributed by atoms with Crippen LogP contribution in [-0.4, -0.2) is 4.98 Å². The van der Waals surface area contributed by atoms with Gasteiger partial charge in [-0.1, -0.05) is 22.0 Å². The molecule has 0 aliphatic carbocycles. The molecule has 0 unspecified atom stereocenters. The topological polar surface area (TPSA) is 45.9 Å². The van der Waals surface area contributed by atoms with Crippen LogP contribution < -0.4 is 4.74 Å². The molecule has 0 spiro atoms. The number of hydrogen-bond acceptors (Lipinski definition) is 3. The number of rotatable bonds is 3. The van der Waals surface area contributed by atoms with Crippen LogP contribution >= 0.6 is 15.9 Å². The molecule has 1 aromatic heterocycles. The Morgan fingerprint density at radius 1 is 1.37 bits per heavy atom. The maximum Gasteiger partial charge on any atom is 0.200 e. The van der Waals surface area contributed by atoms with Gasteiger partial charge in [0.25, 0.3) is 0 Å². The van der Waals surface area contributed by atoms with Crippen LogP contribution in [0.3, 0.4) is 0 Å². The van der Waals surface area contributed by atoms with Crippen molar-refractivity contribution in [2.45, 2.75) is 6.61 Å². The third-order valence-corrected chi connectivity index (χ3v) is 2.80. The van der Waals surface area contributed by atoms with Crippen molar-refractivity contribution in [3.63, 3.8) is 0 Å². The standard InChI is InChI=1S/C13H7BrF2N2O/c14-9-4-10(15)13(16)12(5-9)19-7-8-2-1-3-18-11(8)6-17/h1-5H,7H2. The fraction of sp³-hybridized carbons (Fsp3) is 0.0769. The van der Waals surface area contributed by atoms with Gasteiger partial charge in [0, 0.05) is 16.2 Å². The van der Waals surface area contributed by atoms with Gasteiger partial charge < -0.3 is 4.74 Å². The molecule has 2 rings (SSSR count). The second-order valence-corrected chi connectivity index (χ2v) is 4.53. The minimum absolute atomic E-state index is 0.0659. The number of pyridine rings is 1. The molecule has 96 valence electrons. The lowest BCUT2D eigenvalue weighted by Crippen LogP contribution is -2.02. The number of ether oxygens (including phenoxy) is 1. The van der Waals surface area contributed by atoms with Gasteiger partial charge in [0.1, 0.15) is 18.4 Å². The molecule has 0 aliphatic rings. The zero-order chi connectivity index (χ0) is 13.8. The first kappa shape index (κ1) is 13.4. The van der Waals surface area contributed by atoms with Gasteiger partial charge >= 0.3 is 0 Å². The minimum Gasteiger partial charge on any atom is -0.486 e. The Morgan fingerprint density at radius 3 is 2.89 bits per heavy atom. The van der Waals surface area contributed by atoms with E-state index in [0.29, 0.717) is 10.0 Å². The second kappa shape index (κ2) is 5.76. The van der Waals surface area contributed by atoms with E-state index in [2.05, 4.69) is 20.9 Å². The highest BCUT2D eigenvalue weighted by molar-refractivity contribution is 9.10. The summed E-state index contributed by atoms with van der Waals surface area (Å²) in [6.07, 6.45) is 1.47. The van der Waals surface area contributed by atoms with Crippen LogP contribution in [0.2, 0.25) is 0 Å². The molecule has 0 aliphatic heterocycles. The number of aromatic nitrogens is 1. The largest absolute Gasteiger partial charge is 0.486 e. The zero-order valence-corrected chi connectivity index (χ0v) is 11.1. The second-order valence-electron chi connectivity index (χ2n) is 3.61. The highest BCUT2D eigenvalue weighted by Gasteiger charge is 2.12. The van der Waals surface area contributed by atoms with E-state index in [1.165, 1.54) is 12.3 Å². The van der Waals surface area contributed by atoms with Crippen molar-refractivity contribution in [1.29, 1.82) is 5.26 Å². The molecule has 1 heterocycles. The molecule has 2 aromatic rings. The van der Waals surface area contributed by atoms with Crippen molar-refractivity contribution in [2.75, 3.05) is 0 Å². The van der Waals surface area contributed by atoms with Crippen LogP contribution in [0.4, 0.5) is 8.78 Å². The summed E-state index contributed by atoms with van der Waals surface area (Å²) in [5.41, 5.74) is 0.697. The van der Waals surface area contributed by atoms with Crippen LogP contribution in [0.25, 0.3) is 0 Å². The van der Waals surface area contributed by atoms with Crippen molar-refractivity contribution < 1.29 is 13.5 Å². The Hall–Kier alpha value is -2.00. The van der Waals surface area contributed by atoms with Crippen LogP contribution in [-0.2, 0) is 6.61 Å². The maximum atomic E-state index is 13.5. The first-order chi connectivity index (χ1) is 9.11. The summed E-state index contributed by atoms with van der Waals surface area (Å²) in [7, 11) is 0. The van der Waals surface area contributed by atoms with Crippen molar-refractivity contribution in [3.8, 4) is 11.8 Å². The molecule has 0 saturated carbocycles. The molecule has 0 saturated heterocycles. The Labute approximate surface area is 116 Å². The van der Waals surface area contributed by atoms with Crippen molar-refractivity contribution in [3.05, 3.63) is 57.8 Å². The number of halogens is 3. The van der Waals surface area contributed by atoms with Crippen molar-refractivity contribution >= 4 is 15.9 Å². The highest BCUT2D eigenvalue weighted by Crippen LogP contribution is 2.26. The molecule has 1 aromatic carbocycles. The Bertz CT molecular complexity index is 656. The van der Waals surface area contributed by atoms with E-state index in [1.807, 2.05) is 6.07 Å². The van der Waals surface area contributed by atoms with Gasteiger partial charge in [0.15, 0.2) is 11.6 Å². The molecule has 6 heteroatoms. The van der Waals surface area contributed by atoms with E-state index in [9.17, 15) is 8.78 Å². The first-order valence-corrected chi connectivity index (χ1v) is 6.02. The predicted octanol–water partition coefficient (Wildman–Crippen LogP) is 3.57. The van der Waals surface area contributed by atoms with Gasteiger partial charge in [-0.2, -0.15) is 9.65 Å². The Kier molecular flexibility index (Phi) is 4.07. The summed E-state index contributed by atoms with van der Waals surface area (Å²) in [5.74, 6) is -2.29. The van der Waals surface area contributed by atoms with Crippen LogP contribution in [0.1, 0.15) is 11.3 Å². The lowest BCUT2D eigenvalue weighted by molar-refractivity contribution is 0.283. The molecule has 0 bridgehead atoms. The third kappa shape index (κ3) is 3.06. The van der Waals surface area contributed by atoms with Gasteiger partial charge in [-0.3, -0.25) is 0 Å². The number of nitrogens with zero attached hydrogens (tertiary/aromatic N) is 2. The smallest absolute Gasteiger partial charge is 0.200 e. The first-order valence-electron chi connectivity index (χ1n) is 5.23. The van der Waals surface area contributed by atoms with E-state index in [-0.39, 0.29) is 18.1 Å². The predicted molar refractivity (Wildman–Crippen MR) is 67.3 cm³/mol. The molecule has 0 fully saturated rings. The average Bonchev–Trinajstić information content (AvgIpc) is 2.41. The molecular weight excluding hydrogens is 318 g/mol. The van der Waals surface area contributed by atoms with Crippen molar-refractivity contribution in [2.24, 2.45) is 0 Å². The zero-order valence-electron chi connectivity index (χ0n) is 9.53. The fourth-order valence-corrected chi connectivity index (χ4v) is 1.86. The SMILES string of the molecule is N#Cc1ncccc1COc1cc(Br)cc(F)c1F. The quantitative estimate of drug-likeness (QED) is 0.811. The fourth-order valence-electron chi connectivity index (χ4n) is 1.45. The summed E-state index contributed by atoms with van der Waals surface area (Å²) in [6, 6.07) is 7.50. The van der Waals surface area contributed by atoms with E-state index in [4.69, 9.17) is 10.00 Å². The Morgan fingerprint density at radius 2 is 2.16 bits per heavy atom. The average molecular weight is 325 g/mol. The number of hydrogen-bond donors (Lipinski definition) is 0. The minimum atomic E-state index is -1.06. The summed E-state index contributed by atoms with van der Waals surface area (Å²) < 4.78 is 32.2. The van der Waals surface area contributed by atoms with Gasteiger partial charge in [0.2, 0.25) is 5.82 Å². The highest BCUT2D eigenvalue weighted by atomic mass is 79.9. The summed E-state index contributed by atoms with van der Waals surface area (Å²) in [5, 5.41) is 8.85. The molecule has 0 amide bonds. The van der Waals surface area contributed by atoms with Gasteiger partial charge in [-0.05, 0) is 18.2 Å². The molecule has 0 atom stereocenters. The molecule has 19 heavy (non-hydrogen) atoms. The van der Waals surface area contributed by atoms with Crippen LogP contribution in [0.15, 0.2) is 34.9 Å². The van der Waals surface area contributed by atoms with Gasteiger partial charge in [-0.25, -0.2) is 9.37 Å². The lowest BCUT2D eigenvalue weighted by Gasteiger charge is -2.09. The summed E-state index contributed by atoms with van der Waals surface area (Å²) in [4.78, 5) is 3.85. The lowest BCUT2D eigenvalue weighted by atomic mass is 10.2. The van der Waals surface area contributed by atoms with Gasteiger partial charge in [-0.15, -0.1) is 0 Å². The molecule has 3 nitrogen and oxygen atoms in total. The molecule has 0 radical (unpaired) electrons. The summed E-state index contributed by atoms with van der Waals surface area (Å²) in [6.45, 7) is -0.0659. The monoisotopic (exact) mass is 324 g/mol. The maximum absolute atomic E-state index is 13.5. The molecular formula is C13H7BrF2N2O. The normalized spacial score (nSPS) is 10.0. The number of nitriles is 1. The van der Waals surface area contributed by atoms with Crippen molar-refractivity contribution in [1.82, 2.24) is 4.98 Å². The third-order valence-electron chi connectivity index (χ3n) is 2.34. The van der Waals surface area contributed by atoms with E-state index < -0.39 is 11.6 Å². The van der Waals surface area contributed by atoms with E-state index in [0.717, 1.165) is 6.07 Å². The van der Waals surface area contributed by atoms with Crippen LogP contribution in [0, 0.1) is 23.0 Å². The number of benzene rings is 1.